The minimum atomic E-state index is 0.377. The van der Waals surface area contributed by atoms with E-state index < -0.39 is 0 Å². The average molecular weight is 271 g/mol. The zero-order chi connectivity index (χ0) is 13.3. The van der Waals surface area contributed by atoms with Crippen molar-refractivity contribution in [2.24, 2.45) is 5.41 Å². The Balaban J connectivity index is 1.93. The van der Waals surface area contributed by atoms with Gasteiger partial charge in [-0.25, -0.2) is 0 Å². The first kappa shape index (κ1) is 12.9. The Morgan fingerprint density at radius 1 is 1.11 bits per heavy atom. The molecule has 3 rings (SSSR count). The smallest absolute Gasteiger partial charge is 0.0422 e. The number of anilines is 1. The lowest BCUT2D eigenvalue weighted by Gasteiger charge is -2.39. The predicted molar refractivity (Wildman–Crippen MR) is 87.1 cm³/mol. The van der Waals surface area contributed by atoms with Gasteiger partial charge in [0.25, 0.3) is 0 Å². The zero-order valence-corrected chi connectivity index (χ0v) is 12.5. The summed E-state index contributed by atoms with van der Waals surface area (Å²) in [5.41, 5.74) is 1.65. The van der Waals surface area contributed by atoms with Gasteiger partial charge in [-0.1, -0.05) is 50.2 Å². The van der Waals surface area contributed by atoms with Crippen LogP contribution in [0.15, 0.2) is 42.5 Å². The van der Waals surface area contributed by atoms with E-state index in [1.807, 2.05) is 0 Å². The first-order valence-electron chi connectivity index (χ1n) is 6.99. The molecule has 1 aliphatic heterocycles. The van der Waals surface area contributed by atoms with Crippen LogP contribution in [0.2, 0.25) is 0 Å². The maximum absolute atomic E-state index is 3.79. The van der Waals surface area contributed by atoms with Crippen LogP contribution < -0.4 is 5.32 Å². The molecule has 0 bridgehead atoms. The van der Waals surface area contributed by atoms with Gasteiger partial charge < -0.3 is 5.32 Å². The number of benzene rings is 2. The van der Waals surface area contributed by atoms with Crippen LogP contribution in [0.4, 0.5) is 5.69 Å². The minimum Gasteiger partial charge on any atom is -0.380 e. The first-order chi connectivity index (χ1) is 9.17. The largest absolute Gasteiger partial charge is 0.380 e. The Morgan fingerprint density at radius 2 is 1.89 bits per heavy atom. The molecule has 0 spiro atoms. The van der Waals surface area contributed by atoms with Gasteiger partial charge in [-0.05, 0) is 29.0 Å². The number of hydrogen-bond acceptors (Lipinski definition) is 2. The average Bonchev–Trinajstić information content (AvgIpc) is 2.41. The Labute approximate surface area is 119 Å². The number of hydrogen-bond donors (Lipinski definition) is 1. The lowest BCUT2D eigenvalue weighted by atomic mass is 9.82. The normalized spacial score (nSPS) is 22.3. The van der Waals surface area contributed by atoms with Gasteiger partial charge in [0.2, 0.25) is 0 Å². The highest BCUT2D eigenvalue weighted by molar-refractivity contribution is 7.99. The highest BCUT2D eigenvalue weighted by Crippen LogP contribution is 2.37. The summed E-state index contributed by atoms with van der Waals surface area (Å²) in [6, 6.07) is 15.7. The molecule has 0 aromatic heterocycles. The number of thioether (sulfide) groups is 1. The second-order valence-electron chi connectivity index (χ2n) is 6.04. The summed E-state index contributed by atoms with van der Waals surface area (Å²) in [7, 11) is 0. The van der Waals surface area contributed by atoms with Crippen LogP contribution in [0.5, 0.6) is 0 Å². The number of nitrogens with one attached hydrogen (secondary N) is 1. The van der Waals surface area contributed by atoms with Crippen molar-refractivity contribution >= 4 is 28.2 Å². The molecule has 2 heteroatoms. The predicted octanol–water partition coefficient (Wildman–Crippen LogP) is 4.78. The lowest BCUT2D eigenvalue weighted by Crippen LogP contribution is -2.41. The third-order valence-corrected chi connectivity index (χ3v) is 5.30. The van der Waals surface area contributed by atoms with Crippen molar-refractivity contribution in [3.05, 3.63) is 42.5 Å². The molecule has 2 aromatic rings. The van der Waals surface area contributed by atoms with E-state index in [1.165, 1.54) is 34.4 Å². The van der Waals surface area contributed by atoms with E-state index in [-0.39, 0.29) is 0 Å². The second-order valence-corrected chi connectivity index (χ2v) is 7.19. The molecule has 1 aliphatic rings. The molecule has 1 unspecified atom stereocenters. The van der Waals surface area contributed by atoms with Crippen LogP contribution >= 0.6 is 11.8 Å². The summed E-state index contributed by atoms with van der Waals surface area (Å²) in [5.74, 6) is 2.50. The second kappa shape index (κ2) is 5.09. The molecule has 0 amide bonds. The van der Waals surface area contributed by atoms with Gasteiger partial charge >= 0.3 is 0 Å². The molecule has 1 saturated heterocycles. The Morgan fingerprint density at radius 3 is 2.74 bits per heavy atom. The summed E-state index contributed by atoms with van der Waals surface area (Å²) < 4.78 is 0. The molecular weight excluding hydrogens is 250 g/mol. The highest BCUT2D eigenvalue weighted by atomic mass is 32.2. The van der Waals surface area contributed by atoms with Crippen LogP contribution in [-0.2, 0) is 0 Å². The molecule has 1 atom stereocenters. The first-order valence-corrected chi connectivity index (χ1v) is 8.14. The van der Waals surface area contributed by atoms with E-state index >= 15 is 0 Å². The quantitative estimate of drug-likeness (QED) is 0.843. The van der Waals surface area contributed by atoms with Crippen molar-refractivity contribution in [1.82, 2.24) is 0 Å². The van der Waals surface area contributed by atoms with Gasteiger partial charge in [-0.3, -0.25) is 0 Å². The molecule has 0 aliphatic carbocycles. The SMILES string of the molecule is CC1(C)CCSCC1Nc1cccc2ccccc12. The van der Waals surface area contributed by atoms with E-state index in [4.69, 9.17) is 0 Å². The van der Waals surface area contributed by atoms with Crippen molar-refractivity contribution < 1.29 is 0 Å². The van der Waals surface area contributed by atoms with Crippen LogP contribution in [0.3, 0.4) is 0 Å². The lowest BCUT2D eigenvalue weighted by molar-refractivity contribution is 0.305. The van der Waals surface area contributed by atoms with Crippen molar-refractivity contribution in [1.29, 1.82) is 0 Å². The van der Waals surface area contributed by atoms with Gasteiger partial charge in [0.05, 0.1) is 0 Å². The van der Waals surface area contributed by atoms with Gasteiger partial charge in [-0.15, -0.1) is 0 Å². The third-order valence-electron chi connectivity index (χ3n) is 4.24. The molecular formula is C17H21NS. The van der Waals surface area contributed by atoms with Gasteiger partial charge in [0, 0.05) is 22.9 Å². The molecule has 19 heavy (non-hydrogen) atoms. The number of fused-ring (bicyclic) bond motifs is 1. The Bertz CT molecular complexity index is 571. The fourth-order valence-electron chi connectivity index (χ4n) is 2.71. The van der Waals surface area contributed by atoms with Gasteiger partial charge in [-0.2, -0.15) is 11.8 Å². The fourth-order valence-corrected chi connectivity index (χ4v) is 4.32. The molecule has 1 N–H and O–H groups in total. The molecule has 0 saturated carbocycles. The molecule has 2 aromatic carbocycles. The highest BCUT2D eigenvalue weighted by Gasteiger charge is 2.32. The Hall–Kier alpha value is -1.15. The van der Waals surface area contributed by atoms with Crippen molar-refractivity contribution in [2.75, 3.05) is 16.8 Å². The fraction of sp³-hybridized carbons (Fsp3) is 0.412. The van der Waals surface area contributed by atoms with Gasteiger partial charge in [0.15, 0.2) is 0 Å². The maximum Gasteiger partial charge on any atom is 0.0422 e. The van der Waals surface area contributed by atoms with Gasteiger partial charge in [0.1, 0.15) is 0 Å². The standard InChI is InChI=1S/C17H21NS/c1-17(2)10-11-19-12-16(17)18-15-9-5-7-13-6-3-4-8-14(13)15/h3-9,16,18H,10-12H2,1-2H3. The van der Waals surface area contributed by atoms with E-state index in [0.29, 0.717) is 11.5 Å². The van der Waals surface area contributed by atoms with E-state index in [1.54, 1.807) is 0 Å². The van der Waals surface area contributed by atoms with E-state index in [2.05, 4.69) is 73.4 Å². The molecule has 1 heterocycles. The molecule has 1 fully saturated rings. The monoisotopic (exact) mass is 271 g/mol. The zero-order valence-electron chi connectivity index (χ0n) is 11.6. The minimum absolute atomic E-state index is 0.377. The van der Waals surface area contributed by atoms with Crippen molar-refractivity contribution in [2.45, 2.75) is 26.3 Å². The summed E-state index contributed by atoms with van der Waals surface area (Å²) in [5, 5.41) is 6.44. The summed E-state index contributed by atoms with van der Waals surface area (Å²) >= 11 is 2.07. The molecule has 100 valence electrons. The third kappa shape index (κ3) is 2.59. The van der Waals surface area contributed by atoms with Crippen LogP contribution in [0.25, 0.3) is 10.8 Å². The van der Waals surface area contributed by atoms with Crippen LogP contribution in [0, 0.1) is 5.41 Å². The number of rotatable bonds is 2. The van der Waals surface area contributed by atoms with Crippen LogP contribution in [-0.4, -0.2) is 17.5 Å². The van der Waals surface area contributed by atoms with E-state index in [0.717, 1.165) is 0 Å². The molecule has 1 nitrogen and oxygen atoms in total. The summed E-state index contributed by atoms with van der Waals surface area (Å²) in [6.45, 7) is 4.77. The van der Waals surface area contributed by atoms with E-state index in [9.17, 15) is 0 Å². The molecule has 0 radical (unpaired) electrons. The maximum atomic E-state index is 3.79. The van der Waals surface area contributed by atoms with Crippen LogP contribution in [0.1, 0.15) is 20.3 Å². The van der Waals surface area contributed by atoms with Crippen molar-refractivity contribution in [3.8, 4) is 0 Å². The summed E-state index contributed by atoms with van der Waals surface area (Å²) in [4.78, 5) is 0. The topological polar surface area (TPSA) is 12.0 Å². The van der Waals surface area contributed by atoms with Crippen molar-refractivity contribution in [3.63, 3.8) is 0 Å². The Kier molecular flexibility index (Phi) is 3.44. The summed E-state index contributed by atoms with van der Waals surface area (Å²) in [6.07, 6.45) is 1.29.